The van der Waals surface area contributed by atoms with E-state index in [1.54, 1.807) is 31.6 Å². The molecule has 4 heteroatoms. The lowest BCUT2D eigenvalue weighted by Gasteiger charge is -2.19. The zero-order valence-corrected chi connectivity index (χ0v) is 12.5. The summed E-state index contributed by atoms with van der Waals surface area (Å²) in [5, 5.41) is 3.35. The average Bonchev–Trinajstić information content (AvgIpc) is 2.52. The quantitative estimate of drug-likeness (QED) is 0.846. The van der Waals surface area contributed by atoms with Crippen molar-refractivity contribution in [3.63, 3.8) is 0 Å². The fourth-order valence-electron chi connectivity index (χ4n) is 2.39. The first-order valence-corrected chi connectivity index (χ1v) is 7.20. The highest BCUT2D eigenvalue weighted by atomic mass is 19.1. The second-order valence-electron chi connectivity index (χ2n) is 4.89. The first-order chi connectivity index (χ1) is 10.2. The van der Waals surface area contributed by atoms with Gasteiger partial charge < -0.3 is 10.1 Å². The zero-order valence-electron chi connectivity index (χ0n) is 12.5. The fraction of sp³-hybridized carbons (Fsp3) is 0.353. The van der Waals surface area contributed by atoms with Crippen LogP contribution in [0.1, 0.15) is 30.5 Å². The Kier molecular flexibility index (Phi) is 5.69. The van der Waals surface area contributed by atoms with Crippen LogP contribution in [0.4, 0.5) is 4.39 Å². The van der Waals surface area contributed by atoms with Gasteiger partial charge in [-0.1, -0.05) is 13.0 Å². The Bertz CT molecular complexity index is 560. The molecule has 2 rings (SSSR count). The lowest BCUT2D eigenvalue weighted by Crippen LogP contribution is -2.22. The van der Waals surface area contributed by atoms with Crippen molar-refractivity contribution in [3.8, 4) is 5.75 Å². The molecule has 0 radical (unpaired) electrons. The predicted octanol–water partition coefficient (Wildman–Crippen LogP) is 3.51. The van der Waals surface area contributed by atoms with Crippen molar-refractivity contribution in [2.24, 2.45) is 0 Å². The molecule has 0 saturated heterocycles. The van der Waals surface area contributed by atoms with Crippen LogP contribution < -0.4 is 10.1 Å². The van der Waals surface area contributed by atoms with Gasteiger partial charge in [0.2, 0.25) is 0 Å². The zero-order chi connectivity index (χ0) is 15.1. The Morgan fingerprint density at radius 1 is 1.24 bits per heavy atom. The van der Waals surface area contributed by atoms with Gasteiger partial charge in [0.25, 0.3) is 0 Å². The molecule has 0 aliphatic heterocycles. The van der Waals surface area contributed by atoms with Gasteiger partial charge in [-0.05, 0) is 43.1 Å². The number of aryl methyl sites for hydroxylation is 1. The molecule has 0 bridgehead atoms. The molecule has 1 aromatic heterocycles. The third kappa shape index (κ3) is 4.26. The highest BCUT2D eigenvalue weighted by Gasteiger charge is 2.15. The number of benzene rings is 1. The van der Waals surface area contributed by atoms with Gasteiger partial charge in [0, 0.05) is 30.1 Å². The molecule has 0 saturated carbocycles. The van der Waals surface area contributed by atoms with E-state index in [0.717, 1.165) is 19.4 Å². The molecular formula is C17H21FN2O. The molecule has 2 aromatic rings. The lowest BCUT2D eigenvalue weighted by atomic mass is 9.98. The molecule has 1 heterocycles. The lowest BCUT2D eigenvalue weighted by molar-refractivity contribution is 0.408. The molecule has 0 aliphatic carbocycles. The van der Waals surface area contributed by atoms with E-state index in [-0.39, 0.29) is 11.9 Å². The summed E-state index contributed by atoms with van der Waals surface area (Å²) in [6.07, 6.45) is 5.28. The second-order valence-corrected chi connectivity index (χ2v) is 4.89. The summed E-state index contributed by atoms with van der Waals surface area (Å²) >= 11 is 0. The molecule has 3 nitrogen and oxygen atoms in total. The van der Waals surface area contributed by atoms with Crippen LogP contribution >= 0.6 is 0 Å². The average molecular weight is 288 g/mol. The molecule has 0 spiro atoms. The first kappa shape index (κ1) is 15.4. The van der Waals surface area contributed by atoms with Gasteiger partial charge in [0.05, 0.1) is 7.11 Å². The second kappa shape index (κ2) is 7.74. The van der Waals surface area contributed by atoms with Crippen LogP contribution in [0.25, 0.3) is 0 Å². The Labute approximate surface area is 125 Å². The Hall–Kier alpha value is -1.94. The number of hydrogen-bond acceptors (Lipinski definition) is 3. The van der Waals surface area contributed by atoms with Crippen LogP contribution in [-0.4, -0.2) is 18.6 Å². The molecule has 0 fully saturated rings. The summed E-state index contributed by atoms with van der Waals surface area (Å²) < 4.78 is 19.3. The minimum Gasteiger partial charge on any atom is -0.497 e. The van der Waals surface area contributed by atoms with E-state index >= 15 is 0 Å². The van der Waals surface area contributed by atoms with E-state index in [9.17, 15) is 4.39 Å². The molecule has 1 unspecified atom stereocenters. The van der Waals surface area contributed by atoms with Crippen molar-refractivity contribution in [3.05, 3.63) is 59.7 Å². The molecule has 1 atom stereocenters. The third-order valence-electron chi connectivity index (χ3n) is 3.50. The fourth-order valence-corrected chi connectivity index (χ4v) is 2.39. The van der Waals surface area contributed by atoms with E-state index in [2.05, 4.69) is 10.3 Å². The van der Waals surface area contributed by atoms with Crippen molar-refractivity contribution < 1.29 is 9.13 Å². The van der Waals surface area contributed by atoms with Crippen molar-refractivity contribution in [2.45, 2.75) is 25.8 Å². The van der Waals surface area contributed by atoms with Crippen molar-refractivity contribution >= 4 is 0 Å². The molecule has 112 valence electrons. The summed E-state index contributed by atoms with van der Waals surface area (Å²) in [5.41, 5.74) is 1.90. The normalized spacial score (nSPS) is 12.1. The summed E-state index contributed by atoms with van der Waals surface area (Å²) in [6.45, 7) is 2.83. The number of nitrogens with zero attached hydrogens (tertiary/aromatic N) is 1. The van der Waals surface area contributed by atoms with E-state index in [1.165, 1.54) is 11.6 Å². The number of methoxy groups -OCH3 is 1. The van der Waals surface area contributed by atoms with Crippen LogP contribution in [0.15, 0.2) is 42.7 Å². The molecule has 0 aliphatic rings. The van der Waals surface area contributed by atoms with Crippen molar-refractivity contribution in [1.29, 1.82) is 0 Å². The van der Waals surface area contributed by atoms with Gasteiger partial charge in [-0.3, -0.25) is 4.98 Å². The van der Waals surface area contributed by atoms with Crippen LogP contribution in [0.3, 0.4) is 0 Å². The van der Waals surface area contributed by atoms with Gasteiger partial charge in [0.15, 0.2) is 0 Å². The molecule has 1 aromatic carbocycles. The van der Waals surface area contributed by atoms with Crippen molar-refractivity contribution in [1.82, 2.24) is 10.3 Å². The number of nitrogens with one attached hydrogen (secondary N) is 1. The molecule has 1 N–H and O–H groups in total. The van der Waals surface area contributed by atoms with E-state index in [1.807, 2.05) is 19.1 Å². The smallest absolute Gasteiger partial charge is 0.131 e. The molecular weight excluding hydrogens is 267 g/mol. The van der Waals surface area contributed by atoms with Gasteiger partial charge in [-0.2, -0.15) is 0 Å². The highest BCUT2D eigenvalue weighted by Crippen LogP contribution is 2.25. The largest absolute Gasteiger partial charge is 0.497 e. The minimum absolute atomic E-state index is 0.00549. The summed E-state index contributed by atoms with van der Waals surface area (Å²) in [4.78, 5) is 4.01. The standard InChI is InChI=1S/C17H21FN2O/c1-3-20-17(7-4-13-8-10-19-11-9-13)15-6-5-14(21-2)12-16(15)18/h5-6,8-12,17,20H,3-4,7H2,1-2H3. The number of pyridine rings is 1. The molecule has 0 amide bonds. The molecule has 21 heavy (non-hydrogen) atoms. The summed E-state index contributed by atoms with van der Waals surface area (Å²) in [6, 6.07) is 9.02. The third-order valence-corrected chi connectivity index (χ3v) is 3.50. The van der Waals surface area contributed by atoms with Crippen LogP contribution in [0, 0.1) is 5.82 Å². The number of aromatic nitrogens is 1. The monoisotopic (exact) mass is 288 g/mol. The highest BCUT2D eigenvalue weighted by molar-refractivity contribution is 5.31. The maximum absolute atomic E-state index is 14.2. The van der Waals surface area contributed by atoms with Gasteiger partial charge in [-0.15, -0.1) is 0 Å². The SMILES string of the molecule is CCNC(CCc1ccncc1)c1ccc(OC)cc1F. The number of rotatable bonds is 7. The van der Waals surface area contributed by atoms with Crippen LogP contribution in [0.5, 0.6) is 5.75 Å². The van der Waals surface area contributed by atoms with E-state index in [4.69, 9.17) is 4.74 Å². The van der Waals surface area contributed by atoms with Gasteiger partial charge >= 0.3 is 0 Å². The van der Waals surface area contributed by atoms with Gasteiger partial charge in [0.1, 0.15) is 11.6 Å². The minimum atomic E-state index is -0.227. The predicted molar refractivity (Wildman–Crippen MR) is 81.9 cm³/mol. The Morgan fingerprint density at radius 3 is 2.62 bits per heavy atom. The number of hydrogen-bond donors (Lipinski definition) is 1. The number of halogens is 1. The van der Waals surface area contributed by atoms with E-state index < -0.39 is 0 Å². The Balaban J connectivity index is 2.11. The van der Waals surface area contributed by atoms with Crippen LogP contribution in [0.2, 0.25) is 0 Å². The number of ether oxygens (including phenoxy) is 1. The van der Waals surface area contributed by atoms with E-state index in [0.29, 0.717) is 11.3 Å². The summed E-state index contributed by atoms with van der Waals surface area (Å²) in [7, 11) is 1.54. The summed E-state index contributed by atoms with van der Waals surface area (Å²) in [5.74, 6) is 0.315. The maximum atomic E-state index is 14.2. The maximum Gasteiger partial charge on any atom is 0.131 e. The Morgan fingerprint density at radius 2 is 2.00 bits per heavy atom. The van der Waals surface area contributed by atoms with Crippen molar-refractivity contribution in [2.75, 3.05) is 13.7 Å². The van der Waals surface area contributed by atoms with Crippen LogP contribution in [-0.2, 0) is 6.42 Å². The van der Waals surface area contributed by atoms with Gasteiger partial charge in [-0.25, -0.2) is 4.39 Å². The topological polar surface area (TPSA) is 34.2 Å². The first-order valence-electron chi connectivity index (χ1n) is 7.20.